The monoisotopic (exact) mass is 459 g/mol. The van der Waals surface area contributed by atoms with Crippen molar-refractivity contribution in [3.63, 3.8) is 0 Å². The van der Waals surface area contributed by atoms with Gasteiger partial charge in [-0.25, -0.2) is 14.4 Å². The lowest BCUT2D eigenvalue weighted by Gasteiger charge is -2.40. The van der Waals surface area contributed by atoms with Gasteiger partial charge in [-0.2, -0.15) is 0 Å². The second-order valence-electron chi connectivity index (χ2n) is 7.82. The summed E-state index contributed by atoms with van der Waals surface area (Å²) < 4.78 is 5.36. The van der Waals surface area contributed by atoms with Crippen LogP contribution in [0.25, 0.3) is 0 Å². The highest BCUT2D eigenvalue weighted by Gasteiger charge is 2.39. The third-order valence-electron chi connectivity index (χ3n) is 5.59. The number of carbonyl (C=O) groups excluding carboxylic acids is 2. The van der Waals surface area contributed by atoms with E-state index >= 15 is 0 Å². The first-order valence-electron chi connectivity index (χ1n) is 10.9. The van der Waals surface area contributed by atoms with Gasteiger partial charge in [-0.15, -0.1) is 0 Å². The van der Waals surface area contributed by atoms with E-state index in [0.29, 0.717) is 11.4 Å². The molecule has 1 N–H and O–H groups in total. The maximum atomic E-state index is 13.7. The third-order valence-corrected chi connectivity index (χ3v) is 5.59. The quantitative estimate of drug-likeness (QED) is 0.613. The number of para-hydroxylation sites is 2. The number of hydrogen-bond donors (Lipinski definition) is 1. The molecule has 1 aliphatic heterocycles. The number of aliphatic carboxylic acids is 1. The van der Waals surface area contributed by atoms with Crippen molar-refractivity contribution in [1.82, 2.24) is 9.80 Å². The minimum atomic E-state index is -1.21. The maximum Gasteiger partial charge on any atom is 0.410 e. The van der Waals surface area contributed by atoms with Crippen LogP contribution in [0.2, 0.25) is 0 Å². The lowest BCUT2D eigenvalue weighted by atomic mass is 10.1. The number of piperazine rings is 1. The van der Waals surface area contributed by atoms with Gasteiger partial charge in [-0.1, -0.05) is 66.7 Å². The van der Waals surface area contributed by atoms with Crippen LogP contribution in [-0.4, -0.2) is 58.7 Å². The van der Waals surface area contributed by atoms with Gasteiger partial charge in [0.25, 0.3) is 0 Å². The maximum absolute atomic E-state index is 13.7. The van der Waals surface area contributed by atoms with Crippen LogP contribution in [0.4, 0.5) is 21.0 Å². The molecule has 174 valence electrons. The molecule has 8 nitrogen and oxygen atoms in total. The Morgan fingerprint density at radius 3 is 1.88 bits per heavy atom. The SMILES string of the molecule is O=C(O)[C@@H]1CN(C(=O)OCc2ccccc2)CCN1C(=O)N(c1ccccc1)c1ccccc1. The molecule has 8 heteroatoms. The normalized spacial score (nSPS) is 15.5. The fourth-order valence-corrected chi connectivity index (χ4v) is 3.85. The summed E-state index contributed by atoms with van der Waals surface area (Å²) in [4.78, 5) is 42.5. The minimum absolute atomic E-state index is 0.0619. The van der Waals surface area contributed by atoms with Crippen LogP contribution in [0.15, 0.2) is 91.0 Å². The lowest BCUT2D eigenvalue weighted by molar-refractivity contribution is -0.143. The number of carboxylic acid groups (broad SMARTS) is 1. The molecule has 1 atom stereocenters. The molecule has 1 aliphatic rings. The number of anilines is 2. The van der Waals surface area contributed by atoms with Crippen molar-refractivity contribution in [2.75, 3.05) is 24.5 Å². The Kier molecular flexibility index (Phi) is 7.07. The Labute approximate surface area is 197 Å². The van der Waals surface area contributed by atoms with Gasteiger partial charge < -0.3 is 19.6 Å². The Morgan fingerprint density at radius 2 is 1.35 bits per heavy atom. The van der Waals surface area contributed by atoms with Crippen molar-refractivity contribution < 1.29 is 24.2 Å². The molecule has 1 heterocycles. The molecule has 3 aromatic rings. The van der Waals surface area contributed by atoms with E-state index in [1.165, 1.54) is 14.7 Å². The van der Waals surface area contributed by atoms with Crippen molar-refractivity contribution in [3.8, 4) is 0 Å². The lowest BCUT2D eigenvalue weighted by Crippen LogP contribution is -2.61. The Bertz CT molecular complexity index is 1090. The van der Waals surface area contributed by atoms with Gasteiger partial charge in [0.1, 0.15) is 12.6 Å². The number of nitrogens with zero attached hydrogens (tertiary/aromatic N) is 3. The van der Waals surface area contributed by atoms with Gasteiger partial charge in [0.15, 0.2) is 0 Å². The number of ether oxygens (including phenoxy) is 1. The van der Waals surface area contributed by atoms with Crippen LogP contribution in [0, 0.1) is 0 Å². The van der Waals surface area contributed by atoms with Gasteiger partial charge in [0.05, 0.1) is 17.9 Å². The molecule has 1 saturated heterocycles. The van der Waals surface area contributed by atoms with E-state index in [4.69, 9.17) is 4.74 Å². The molecule has 34 heavy (non-hydrogen) atoms. The number of benzene rings is 3. The summed E-state index contributed by atoms with van der Waals surface area (Å²) in [6, 6.07) is 25.7. The fourth-order valence-electron chi connectivity index (χ4n) is 3.85. The zero-order chi connectivity index (χ0) is 23.9. The van der Waals surface area contributed by atoms with Crippen molar-refractivity contribution >= 4 is 29.5 Å². The van der Waals surface area contributed by atoms with Crippen LogP contribution in [0.3, 0.4) is 0 Å². The van der Waals surface area contributed by atoms with E-state index in [1.807, 2.05) is 66.7 Å². The molecule has 0 aliphatic carbocycles. The first kappa shape index (κ1) is 22.8. The number of carboxylic acids is 1. The highest BCUT2D eigenvalue weighted by atomic mass is 16.6. The third kappa shape index (κ3) is 5.17. The van der Waals surface area contributed by atoms with Gasteiger partial charge >= 0.3 is 18.1 Å². The van der Waals surface area contributed by atoms with Crippen LogP contribution in [-0.2, 0) is 16.1 Å². The number of hydrogen-bond acceptors (Lipinski definition) is 4. The van der Waals surface area contributed by atoms with E-state index in [2.05, 4.69) is 0 Å². The van der Waals surface area contributed by atoms with Gasteiger partial charge in [-0.3, -0.25) is 4.90 Å². The average Bonchev–Trinajstić information content (AvgIpc) is 2.89. The number of amides is 3. The molecular weight excluding hydrogens is 434 g/mol. The standard InChI is InChI=1S/C26H25N3O5/c30-24(31)23-18-27(26(33)34-19-20-10-4-1-5-11-20)16-17-28(23)25(32)29(21-12-6-2-7-13-21)22-14-8-3-9-15-22/h1-15,23H,16-19H2,(H,30,31)/t23-/m0/s1. The molecule has 0 saturated carbocycles. The smallest absolute Gasteiger partial charge is 0.410 e. The number of carbonyl (C=O) groups is 3. The number of rotatable bonds is 5. The average molecular weight is 460 g/mol. The molecule has 0 radical (unpaired) electrons. The van der Waals surface area contributed by atoms with Crippen molar-refractivity contribution in [2.24, 2.45) is 0 Å². The number of urea groups is 1. The summed E-state index contributed by atoms with van der Waals surface area (Å²) in [6.07, 6.45) is -0.606. The van der Waals surface area contributed by atoms with Crippen LogP contribution in [0.5, 0.6) is 0 Å². The van der Waals surface area contributed by atoms with Crippen molar-refractivity contribution in [1.29, 1.82) is 0 Å². The van der Waals surface area contributed by atoms with E-state index in [9.17, 15) is 19.5 Å². The topological polar surface area (TPSA) is 90.4 Å². The van der Waals surface area contributed by atoms with E-state index in [0.717, 1.165) is 5.56 Å². The molecule has 0 spiro atoms. The van der Waals surface area contributed by atoms with Crippen LogP contribution >= 0.6 is 0 Å². The summed E-state index contributed by atoms with van der Waals surface area (Å²) >= 11 is 0. The second kappa shape index (κ2) is 10.5. The largest absolute Gasteiger partial charge is 0.480 e. The summed E-state index contributed by atoms with van der Waals surface area (Å²) in [5, 5.41) is 9.90. The van der Waals surface area contributed by atoms with Crippen molar-refractivity contribution in [3.05, 3.63) is 96.6 Å². The van der Waals surface area contributed by atoms with E-state index in [-0.39, 0.29) is 26.2 Å². The predicted molar refractivity (Wildman–Crippen MR) is 127 cm³/mol. The Hall–Kier alpha value is -4.33. The summed E-state index contributed by atoms with van der Waals surface area (Å²) in [5.41, 5.74) is 2.07. The summed E-state index contributed by atoms with van der Waals surface area (Å²) in [7, 11) is 0. The van der Waals surface area contributed by atoms with Gasteiger partial charge in [0.2, 0.25) is 0 Å². The van der Waals surface area contributed by atoms with Crippen molar-refractivity contribution in [2.45, 2.75) is 12.6 Å². The summed E-state index contributed by atoms with van der Waals surface area (Å²) in [5.74, 6) is -1.19. The highest BCUT2D eigenvalue weighted by Crippen LogP contribution is 2.28. The molecule has 0 bridgehead atoms. The molecule has 3 amide bonds. The van der Waals surface area contributed by atoms with Gasteiger partial charge in [0, 0.05) is 13.1 Å². The first-order chi connectivity index (χ1) is 16.5. The van der Waals surface area contributed by atoms with E-state index < -0.39 is 24.1 Å². The van der Waals surface area contributed by atoms with Crippen LogP contribution in [0.1, 0.15) is 5.56 Å². The van der Waals surface area contributed by atoms with Gasteiger partial charge in [-0.05, 0) is 29.8 Å². The minimum Gasteiger partial charge on any atom is -0.480 e. The fraction of sp³-hybridized carbons (Fsp3) is 0.192. The molecule has 1 fully saturated rings. The van der Waals surface area contributed by atoms with Crippen LogP contribution < -0.4 is 4.90 Å². The first-order valence-corrected chi connectivity index (χ1v) is 10.9. The molecular formula is C26H25N3O5. The highest BCUT2D eigenvalue weighted by molar-refractivity contribution is 6.01. The zero-order valence-corrected chi connectivity index (χ0v) is 18.5. The Morgan fingerprint density at radius 1 is 0.824 bits per heavy atom. The summed E-state index contributed by atoms with van der Waals surface area (Å²) in [6.45, 7) is 0.158. The molecule has 0 unspecified atom stereocenters. The van der Waals surface area contributed by atoms with E-state index in [1.54, 1.807) is 24.3 Å². The molecule has 3 aromatic carbocycles. The molecule has 0 aromatic heterocycles. The zero-order valence-electron chi connectivity index (χ0n) is 18.5. The second-order valence-corrected chi connectivity index (χ2v) is 7.82. The predicted octanol–water partition coefficient (Wildman–Crippen LogP) is 4.35. The molecule has 4 rings (SSSR count). The Balaban J connectivity index is 1.51.